The number of hydrogen-bond donors (Lipinski definition) is 4. The van der Waals surface area contributed by atoms with E-state index in [0.717, 1.165) is 0 Å². The smallest absolute Gasteiger partial charge is 0.216 e. The summed E-state index contributed by atoms with van der Waals surface area (Å²) in [6.45, 7) is -0.380. The number of nitrogens with zero attached hydrogens (tertiary/aromatic N) is 4. The quantitative estimate of drug-likeness (QED) is 0.353. The molecule has 2 rings (SSSR count). The third kappa shape index (κ3) is 2.45. The fourth-order valence-electron chi connectivity index (χ4n) is 1.93. The van der Waals surface area contributed by atoms with Crippen molar-refractivity contribution in [2.75, 3.05) is 20.7 Å². The second-order valence-electron chi connectivity index (χ2n) is 4.10. The molecule has 9 nitrogen and oxygen atoms in total. The molecule has 9 heteroatoms. The first-order valence-electron chi connectivity index (χ1n) is 5.80. The second kappa shape index (κ2) is 5.61. The summed E-state index contributed by atoms with van der Waals surface area (Å²) in [5.41, 5.74) is 0. The van der Waals surface area contributed by atoms with E-state index in [-0.39, 0.29) is 6.61 Å². The number of aliphatic imine (C=N–C) groups is 1. The van der Waals surface area contributed by atoms with Crippen LogP contribution in [0.4, 0.5) is 0 Å². The summed E-state index contributed by atoms with van der Waals surface area (Å²) >= 11 is 0. The summed E-state index contributed by atoms with van der Waals surface area (Å²) in [6.07, 6.45) is -2.69. The maximum absolute atomic E-state index is 9.85. The summed E-state index contributed by atoms with van der Waals surface area (Å²) in [7, 11) is 3.29. The van der Waals surface area contributed by atoms with Gasteiger partial charge in [-0.05, 0) is 0 Å². The minimum atomic E-state index is -1.18. The van der Waals surface area contributed by atoms with E-state index in [0.29, 0.717) is 11.7 Å². The highest BCUT2D eigenvalue weighted by Gasteiger charge is 2.43. The van der Waals surface area contributed by atoms with Crippen LogP contribution in [-0.4, -0.2) is 74.9 Å². The zero-order valence-electron chi connectivity index (χ0n) is 10.6. The molecule has 1 aliphatic rings. The van der Waals surface area contributed by atoms with Gasteiger partial charge in [0.25, 0.3) is 0 Å². The van der Waals surface area contributed by atoms with Crippen molar-refractivity contribution in [2.24, 2.45) is 4.99 Å². The molecule has 4 atom stereocenters. The largest absolute Gasteiger partial charge is 0.394 e. The highest BCUT2D eigenvalue weighted by molar-refractivity contribution is 5.94. The number of aliphatic hydroxyl groups is 3. The predicted octanol–water partition coefficient (Wildman–Crippen LogP) is -2.51. The zero-order valence-corrected chi connectivity index (χ0v) is 10.6. The summed E-state index contributed by atoms with van der Waals surface area (Å²) < 4.78 is 6.62. The van der Waals surface area contributed by atoms with Gasteiger partial charge in [0.2, 0.25) is 5.82 Å². The van der Waals surface area contributed by atoms with Crippen LogP contribution in [0.5, 0.6) is 0 Å². The lowest BCUT2D eigenvalue weighted by Gasteiger charge is -2.13. The molecule has 1 saturated heterocycles. The van der Waals surface area contributed by atoms with Gasteiger partial charge in [0.1, 0.15) is 24.6 Å². The molecule has 0 saturated carbocycles. The molecule has 4 N–H and O–H groups in total. The fourth-order valence-corrected chi connectivity index (χ4v) is 1.93. The Balaban J connectivity index is 2.20. The first kappa shape index (κ1) is 13.9. The highest BCUT2D eigenvalue weighted by atomic mass is 16.6. The molecule has 0 aliphatic carbocycles. The van der Waals surface area contributed by atoms with Gasteiger partial charge in [0.15, 0.2) is 12.1 Å². The van der Waals surface area contributed by atoms with Crippen LogP contribution < -0.4 is 5.32 Å². The molecule has 106 valence electrons. The number of amidine groups is 1. The van der Waals surface area contributed by atoms with E-state index in [4.69, 9.17) is 9.84 Å². The average molecular weight is 271 g/mol. The molecule has 19 heavy (non-hydrogen) atoms. The first-order valence-corrected chi connectivity index (χ1v) is 5.80. The Labute approximate surface area is 109 Å². The number of ether oxygens (including phenoxy) is 1. The van der Waals surface area contributed by atoms with E-state index >= 15 is 0 Å². The Kier molecular flexibility index (Phi) is 4.10. The molecule has 0 aromatic carbocycles. The number of nitrogens with one attached hydrogen (secondary N) is 1. The highest BCUT2D eigenvalue weighted by Crippen LogP contribution is 2.28. The van der Waals surface area contributed by atoms with Crippen LogP contribution in [0.1, 0.15) is 12.1 Å². The van der Waals surface area contributed by atoms with Crippen LogP contribution in [0.25, 0.3) is 0 Å². The standard InChI is InChI=1S/C10H17N5O4/c1-11-8(12-2)9-13-4-15(14-9)10-7(18)6(17)5(3-16)19-10/h4-7,10,16-18H,3H2,1-2H3,(H,11,12)/t5-,6-,7-,10-/m1/s1. The van der Waals surface area contributed by atoms with Gasteiger partial charge in [0, 0.05) is 14.1 Å². The van der Waals surface area contributed by atoms with Gasteiger partial charge in [-0.1, -0.05) is 0 Å². The summed E-state index contributed by atoms with van der Waals surface area (Å²) in [5, 5.41) is 35.5. The Morgan fingerprint density at radius 1 is 1.53 bits per heavy atom. The molecule has 2 heterocycles. The van der Waals surface area contributed by atoms with Gasteiger partial charge in [-0.2, -0.15) is 0 Å². The Bertz CT molecular complexity index is 463. The SMILES string of the molecule is CN=C(NC)c1ncn([C@@H]2O[C@H](CO)[C@@H](O)[C@H]2O)n1. The lowest BCUT2D eigenvalue weighted by Crippen LogP contribution is -2.33. The summed E-state index contributed by atoms with van der Waals surface area (Å²) in [4.78, 5) is 7.99. The van der Waals surface area contributed by atoms with E-state index < -0.39 is 24.5 Å². The van der Waals surface area contributed by atoms with E-state index in [1.807, 2.05) is 0 Å². The van der Waals surface area contributed by atoms with Gasteiger partial charge in [-0.3, -0.25) is 4.99 Å². The average Bonchev–Trinajstić information content (AvgIpc) is 2.99. The van der Waals surface area contributed by atoms with Crippen molar-refractivity contribution in [3.05, 3.63) is 12.2 Å². The molecule has 1 aromatic rings. The fraction of sp³-hybridized carbons (Fsp3) is 0.700. The number of aliphatic hydroxyl groups excluding tert-OH is 3. The Morgan fingerprint density at radius 3 is 2.79 bits per heavy atom. The molecule has 0 unspecified atom stereocenters. The van der Waals surface area contributed by atoms with E-state index in [9.17, 15) is 10.2 Å². The molecule has 0 radical (unpaired) electrons. The molecule has 1 aliphatic heterocycles. The van der Waals surface area contributed by atoms with E-state index in [2.05, 4.69) is 20.4 Å². The van der Waals surface area contributed by atoms with Crippen molar-refractivity contribution < 1.29 is 20.1 Å². The third-order valence-electron chi connectivity index (χ3n) is 2.96. The number of rotatable bonds is 3. The minimum Gasteiger partial charge on any atom is -0.394 e. The Hall–Kier alpha value is -1.55. The summed E-state index contributed by atoms with van der Waals surface area (Å²) in [5.74, 6) is 0.841. The molecular formula is C10H17N5O4. The first-order chi connectivity index (χ1) is 9.12. The maximum Gasteiger partial charge on any atom is 0.216 e. The lowest BCUT2D eigenvalue weighted by molar-refractivity contribution is -0.0588. The van der Waals surface area contributed by atoms with Crippen LogP contribution in [0.15, 0.2) is 11.3 Å². The van der Waals surface area contributed by atoms with Gasteiger partial charge in [0.05, 0.1) is 6.61 Å². The van der Waals surface area contributed by atoms with Crippen molar-refractivity contribution in [2.45, 2.75) is 24.5 Å². The van der Waals surface area contributed by atoms with Gasteiger partial charge >= 0.3 is 0 Å². The van der Waals surface area contributed by atoms with Crippen molar-refractivity contribution in [3.63, 3.8) is 0 Å². The normalized spacial score (nSPS) is 31.7. The zero-order chi connectivity index (χ0) is 14.0. The van der Waals surface area contributed by atoms with Crippen molar-refractivity contribution in [3.8, 4) is 0 Å². The van der Waals surface area contributed by atoms with Crippen LogP contribution >= 0.6 is 0 Å². The maximum atomic E-state index is 9.85. The van der Waals surface area contributed by atoms with Crippen LogP contribution in [0.2, 0.25) is 0 Å². The van der Waals surface area contributed by atoms with E-state index in [1.54, 1.807) is 14.1 Å². The van der Waals surface area contributed by atoms with Crippen molar-refractivity contribution >= 4 is 5.84 Å². The van der Waals surface area contributed by atoms with Crippen LogP contribution in [0, 0.1) is 0 Å². The van der Waals surface area contributed by atoms with Gasteiger partial charge in [-0.25, -0.2) is 9.67 Å². The molecule has 1 aromatic heterocycles. The van der Waals surface area contributed by atoms with E-state index in [1.165, 1.54) is 11.0 Å². The Morgan fingerprint density at radius 2 is 2.26 bits per heavy atom. The lowest BCUT2D eigenvalue weighted by atomic mass is 10.1. The number of aromatic nitrogens is 3. The minimum absolute atomic E-state index is 0.350. The molecular weight excluding hydrogens is 254 g/mol. The van der Waals surface area contributed by atoms with Gasteiger partial charge in [-0.15, -0.1) is 5.10 Å². The predicted molar refractivity (Wildman–Crippen MR) is 64.6 cm³/mol. The van der Waals surface area contributed by atoms with Crippen molar-refractivity contribution in [1.82, 2.24) is 20.1 Å². The van der Waals surface area contributed by atoms with Crippen LogP contribution in [0.3, 0.4) is 0 Å². The molecule has 0 amide bonds. The van der Waals surface area contributed by atoms with Gasteiger partial charge < -0.3 is 25.4 Å². The van der Waals surface area contributed by atoms with Crippen molar-refractivity contribution in [1.29, 1.82) is 0 Å². The molecule has 0 bridgehead atoms. The third-order valence-corrected chi connectivity index (χ3v) is 2.96. The number of hydrogen-bond acceptors (Lipinski definition) is 7. The summed E-state index contributed by atoms with van der Waals surface area (Å²) in [6, 6.07) is 0. The topological polar surface area (TPSA) is 125 Å². The monoisotopic (exact) mass is 271 g/mol. The van der Waals surface area contributed by atoms with Crippen LogP contribution in [-0.2, 0) is 4.74 Å². The molecule has 1 fully saturated rings. The second-order valence-corrected chi connectivity index (χ2v) is 4.10. The molecule has 0 spiro atoms.